The minimum Gasteiger partial charge on any atom is -0.463 e. The van der Waals surface area contributed by atoms with Crippen LogP contribution < -0.4 is 10.1 Å². The fraction of sp³-hybridized carbons (Fsp3) is 0.250. The first-order valence-electron chi connectivity index (χ1n) is 5.73. The molecule has 0 spiro atoms. The van der Waals surface area contributed by atoms with Gasteiger partial charge >= 0.3 is 6.01 Å². The van der Waals surface area contributed by atoms with Gasteiger partial charge in [-0.15, -0.1) is 5.10 Å². The number of rotatable bonds is 4. The summed E-state index contributed by atoms with van der Waals surface area (Å²) < 4.78 is 18.0. The average Bonchev–Trinajstić information content (AvgIpc) is 2.76. The number of nitrogens with one attached hydrogen (secondary N) is 2. The van der Waals surface area contributed by atoms with E-state index in [9.17, 15) is 9.18 Å². The van der Waals surface area contributed by atoms with E-state index in [1.54, 1.807) is 13.8 Å². The van der Waals surface area contributed by atoms with Crippen LogP contribution in [0.5, 0.6) is 6.01 Å². The summed E-state index contributed by atoms with van der Waals surface area (Å²) in [4.78, 5) is 15.9. The fourth-order valence-electron chi connectivity index (χ4n) is 1.55. The Labute approximate surface area is 109 Å². The van der Waals surface area contributed by atoms with E-state index in [0.29, 0.717) is 17.7 Å². The highest BCUT2D eigenvalue weighted by atomic mass is 19.1. The number of hydrogen-bond donors (Lipinski definition) is 2. The first-order valence-corrected chi connectivity index (χ1v) is 5.73. The van der Waals surface area contributed by atoms with Crippen molar-refractivity contribution in [2.45, 2.75) is 13.8 Å². The lowest BCUT2D eigenvalue weighted by Gasteiger charge is -2.04. The zero-order valence-corrected chi connectivity index (χ0v) is 10.5. The van der Waals surface area contributed by atoms with Gasteiger partial charge in [0.25, 0.3) is 5.91 Å². The zero-order valence-electron chi connectivity index (χ0n) is 10.5. The molecule has 19 heavy (non-hydrogen) atoms. The van der Waals surface area contributed by atoms with Gasteiger partial charge in [0.05, 0.1) is 6.61 Å². The van der Waals surface area contributed by atoms with Crippen molar-refractivity contribution in [3.8, 4) is 6.01 Å². The van der Waals surface area contributed by atoms with E-state index in [2.05, 4.69) is 20.5 Å². The van der Waals surface area contributed by atoms with Crippen molar-refractivity contribution in [3.63, 3.8) is 0 Å². The largest absolute Gasteiger partial charge is 0.463 e. The number of aromatic nitrogens is 3. The third kappa shape index (κ3) is 3.06. The normalized spacial score (nSPS) is 10.3. The summed E-state index contributed by atoms with van der Waals surface area (Å²) in [7, 11) is 0. The molecule has 0 unspecified atom stereocenters. The van der Waals surface area contributed by atoms with E-state index >= 15 is 0 Å². The lowest BCUT2D eigenvalue weighted by molar-refractivity contribution is 0.102. The second-order valence-electron chi connectivity index (χ2n) is 3.81. The molecular weight excluding hydrogens is 251 g/mol. The van der Waals surface area contributed by atoms with Crippen LogP contribution in [0.15, 0.2) is 18.2 Å². The quantitative estimate of drug-likeness (QED) is 0.883. The summed E-state index contributed by atoms with van der Waals surface area (Å²) in [5, 5.41) is 8.81. The maximum Gasteiger partial charge on any atom is 0.337 e. The molecule has 7 heteroatoms. The van der Waals surface area contributed by atoms with E-state index in [1.807, 2.05) is 0 Å². The molecule has 0 aliphatic heterocycles. The highest BCUT2D eigenvalue weighted by Crippen LogP contribution is 2.12. The Hall–Kier alpha value is -2.44. The summed E-state index contributed by atoms with van der Waals surface area (Å²) >= 11 is 0. The molecule has 2 N–H and O–H groups in total. The van der Waals surface area contributed by atoms with E-state index in [-0.39, 0.29) is 17.8 Å². The zero-order chi connectivity index (χ0) is 13.8. The predicted octanol–water partition coefficient (Wildman–Crippen LogP) is 1.90. The lowest BCUT2D eigenvalue weighted by Crippen LogP contribution is -2.14. The van der Waals surface area contributed by atoms with Crippen LogP contribution in [0.4, 0.5) is 10.3 Å². The smallest absolute Gasteiger partial charge is 0.337 e. The molecule has 1 heterocycles. The van der Waals surface area contributed by atoms with Crippen LogP contribution in [0.25, 0.3) is 0 Å². The number of ether oxygens (including phenoxy) is 1. The Morgan fingerprint density at radius 2 is 2.32 bits per heavy atom. The molecule has 0 saturated heterocycles. The van der Waals surface area contributed by atoms with Gasteiger partial charge in [-0.2, -0.15) is 4.98 Å². The molecule has 2 aromatic rings. The topological polar surface area (TPSA) is 79.9 Å². The number of aromatic amines is 1. The summed E-state index contributed by atoms with van der Waals surface area (Å²) in [5.74, 6) is -0.596. The van der Waals surface area contributed by atoms with Crippen LogP contribution in [0, 0.1) is 12.7 Å². The van der Waals surface area contributed by atoms with Crippen molar-refractivity contribution in [3.05, 3.63) is 35.1 Å². The second kappa shape index (κ2) is 5.47. The molecule has 0 bridgehead atoms. The summed E-state index contributed by atoms with van der Waals surface area (Å²) in [6.45, 7) is 3.89. The summed E-state index contributed by atoms with van der Waals surface area (Å²) in [6, 6.07) is 4.10. The van der Waals surface area contributed by atoms with Crippen LogP contribution in [-0.2, 0) is 0 Å². The Balaban J connectivity index is 2.11. The number of halogens is 1. The minimum atomic E-state index is -0.392. The van der Waals surface area contributed by atoms with Gasteiger partial charge in [-0.1, -0.05) is 0 Å². The molecule has 1 aromatic heterocycles. The molecule has 2 rings (SSSR count). The van der Waals surface area contributed by atoms with Crippen molar-refractivity contribution in [2.75, 3.05) is 11.9 Å². The Morgan fingerprint density at radius 1 is 1.53 bits per heavy atom. The summed E-state index contributed by atoms with van der Waals surface area (Å²) in [6.07, 6.45) is 0. The number of hydrogen-bond acceptors (Lipinski definition) is 4. The van der Waals surface area contributed by atoms with Crippen molar-refractivity contribution in [1.82, 2.24) is 15.2 Å². The van der Waals surface area contributed by atoms with Gasteiger partial charge in [0.1, 0.15) is 5.82 Å². The standard InChI is InChI=1S/C12H13FN4O2/c1-3-19-12-15-11(16-17-12)14-10(18)9-5-4-8(13)6-7(9)2/h4-6H,3H2,1-2H3,(H2,14,15,16,17,18). The molecule has 1 aromatic carbocycles. The van der Waals surface area contributed by atoms with Crippen LogP contribution in [-0.4, -0.2) is 27.7 Å². The van der Waals surface area contributed by atoms with Gasteiger partial charge in [0.15, 0.2) is 0 Å². The predicted molar refractivity (Wildman–Crippen MR) is 66.6 cm³/mol. The monoisotopic (exact) mass is 264 g/mol. The molecule has 0 saturated carbocycles. The molecule has 0 atom stereocenters. The number of nitrogens with zero attached hydrogens (tertiary/aromatic N) is 2. The van der Waals surface area contributed by atoms with Crippen molar-refractivity contribution in [1.29, 1.82) is 0 Å². The van der Waals surface area contributed by atoms with E-state index < -0.39 is 5.91 Å². The first-order chi connectivity index (χ1) is 9.10. The van der Waals surface area contributed by atoms with Crippen molar-refractivity contribution < 1.29 is 13.9 Å². The molecule has 0 fully saturated rings. The average molecular weight is 264 g/mol. The molecule has 1 amide bonds. The third-order valence-electron chi connectivity index (χ3n) is 2.40. The number of anilines is 1. The number of carbonyl (C=O) groups excluding carboxylic acids is 1. The summed E-state index contributed by atoms with van der Waals surface area (Å²) in [5.41, 5.74) is 0.915. The van der Waals surface area contributed by atoms with Gasteiger partial charge < -0.3 is 4.74 Å². The second-order valence-corrected chi connectivity index (χ2v) is 3.81. The van der Waals surface area contributed by atoms with Crippen LogP contribution in [0.1, 0.15) is 22.8 Å². The molecule has 0 aliphatic rings. The molecular formula is C12H13FN4O2. The number of amides is 1. The Morgan fingerprint density at radius 3 is 3.00 bits per heavy atom. The Kier molecular flexibility index (Phi) is 3.74. The van der Waals surface area contributed by atoms with Gasteiger partial charge in [0.2, 0.25) is 5.95 Å². The van der Waals surface area contributed by atoms with E-state index in [4.69, 9.17) is 4.74 Å². The maximum atomic E-state index is 12.9. The van der Waals surface area contributed by atoms with Crippen molar-refractivity contribution in [2.24, 2.45) is 0 Å². The molecule has 100 valence electrons. The fourth-order valence-corrected chi connectivity index (χ4v) is 1.55. The maximum absolute atomic E-state index is 12.9. The highest BCUT2D eigenvalue weighted by molar-refractivity contribution is 6.04. The first kappa shape index (κ1) is 13.0. The number of aryl methyl sites for hydroxylation is 1. The van der Waals surface area contributed by atoms with E-state index in [1.165, 1.54) is 18.2 Å². The van der Waals surface area contributed by atoms with Crippen LogP contribution >= 0.6 is 0 Å². The molecule has 0 radical (unpaired) electrons. The van der Waals surface area contributed by atoms with Crippen LogP contribution in [0.2, 0.25) is 0 Å². The van der Waals surface area contributed by atoms with E-state index in [0.717, 1.165) is 0 Å². The van der Waals surface area contributed by atoms with Crippen LogP contribution in [0.3, 0.4) is 0 Å². The highest BCUT2D eigenvalue weighted by Gasteiger charge is 2.12. The molecule has 0 aliphatic carbocycles. The van der Waals surface area contributed by atoms with Crippen molar-refractivity contribution >= 4 is 11.9 Å². The lowest BCUT2D eigenvalue weighted by atomic mass is 10.1. The van der Waals surface area contributed by atoms with Gasteiger partial charge in [-0.3, -0.25) is 10.1 Å². The van der Waals surface area contributed by atoms with Gasteiger partial charge in [-0.05, 0) is 37.6 Å². The SMILES string of the molecule is CCOc1n[nH]c(NC(=O)c2ccc(F)cc2C)n1. The van der Waals surface area contributed by atoms with Gasteiger partial charge in [-0.25, -0.2) is 9.49 Å². The third-order valence-corrected chi connectivity index (χ3v) is 2.40. The number of carbonyl (C=O) groups is 1. The number of H-pyrrole nitrogens is 1. The minimum absolute atomic E-state index is 0.161. The Bertz CT molecular complexity index is 597. The number of benzene rings is 1. The molecule has 6 nitrogen and oxygen atoms in total. The van der Waals surface area contributed by atoms with Gasteiger partial charge in [0, 0.05) is 5.56 Å².